The fraction of sp³-hybridized carbons (Fsp3) is 0.533. The van der Waals surface area contributed by atoms with Crippen molar-refractivity contribution in [1.29, 1.82) is 0 Å². The highest BCUT2D eigenvalue weighted by atomic mass is 35.5. The quantitative estimate of drug-likeness (QED) is 0.473. The van der Waals surface area contributed by atoms with E-state index in [4.69, 9.17) is 5.73 Å². The molecular weight excluding hydrogens is 306 g/mol. The number of carbonyl (C=O) groups excluding carboxylic acids is 1. The molecule has 6 nitrogen and oxygen atoms in total. The Kier molecular flexibility index (Phi) is 7.27. The van der Waals surface area contributed by atoms with Crippen LogP contribution in [-0.2, 0) is 11.2 Å². The molecule has 2 rings (SSSR count). The molecule has 0 aliphatic carbocycles. The van der Waals surface area contributed by atoms with Gasteiger partial charge < -0.3 is 10.6 Å². The lowest BCUT2D eigenvalue weighted by atomic mass is 10.1. The number of hydrogen-bond acceptors (Lipinski definition) is 4. The molecule has 0 fully saturated rings. The number of fused-ring (bicyclic) bond motifs is 1. The Morgan fingerprint density at radius 3 is 2.68 bits per heavy atom. The third-order valence-electron chi connectivity index (χ3n) is 3.85. The number of nitro benzene ring substituents is 1. The number of amides is 1. The second-order valence-corrected chi connectivity index (χ2v) is 5.28. The Labute approximate surface area is 136 Å². The number of halogens is 1. The number of anilines is 1. The van der Waals surface area contributed by atoms with Gasteiger partial charge in [-0.15, -0.1) is 12.4 Å². The zero-order valence-electron chi connectivity index (χ0n) is 12.5. The van der Waals surface area contributed by atoms with E-state index in [1.807, 2.05) is 0 Å². The summed E-state index contributed by atoms with van der Waals surface area (Å²) < 4.78 is 0. The van der Waals surface area contributed by atoms with Crippen molar-refractivity contribution >= 4 is 29.7 Å². The van der Waals surface area contributed by atoms with Gasteiger partial charge in [-0.3, -0.25) is 14.9 Å². The Morgan fingerprint density at radius 2 is 2.00 bits per heavy atom. The highest BCUT2D eigenvalue weighted by molar-refractivity contribution is 5.96. The minimum absolute atomic E-state index is 0. The van der Waals surface area contributed by atoms with Crippen molar-refractivity contribution in [1.82, 2.24) is 0 Å². The van der Waals surface area contributed by atoms with Crippen LogP contribution in [0, 0.1) is 10.1 Å². The van der Waals surface area contributed by atoms with Crippen LogP contribution in [0.15, 0.2) is 18.2 Å². The molecule has 0 saturated heterocycles. The second-order valence-electron chi connectivity index (χ2n) is 5.28. The van der Waals surface area contributed by atoms with Gasteiger partial charge in [-0.25, -0.2) is 0 Å². The zero-order valence-corrected chi connectivity index (χ0v) is 13.3. The molecule has 0 bridgehead atoms. The van der Waals surface area contributed by atoms with E-state index in [2.05, 4.69) is 0 Å². The number of hydrogen-bond donors (Lipinski definition) is 1. The first-order chi connectivity index (χ1) is 10.1. The van der Waals surface area contributed by atoms with Gasteiger partial charge in [0.2, 0.25) is 5.91 Å². The maximum Gasteiger partial charge on any atom is 0.274 e. The lowest BCUT2D eigenvalue weighted by molar-refractivity contribution is -0.385. The minimum atomic E-state index is -0.375. The lowest BCUT2D eigenvalue weighted by Crippen LogP contribution is -2.28. The molecule has 0 spiro atoms. The van der Waals surface area contributed by atoms with Gasteiger partial charge in [-0.2, -0.15) is 0 Å². The van der Waals surface area contributed by atoms with E-state index in [0.717, 1.165) is 25.7 Å². The number of nitrogens with zero attached hydrogens (tertiary/aromatic N) is 2. The molecule has 7 heteroatoms. The number of rotatable bonds is 7. The summed E-state index contributed by atoms with van der Waals surface area (Å²) >= 11 is 0. The zero-order chi connectivity index (χ0) is 15.2. The van der Waals surface area contributed by atoms with E-state index in [1.54, 1.807) is 17.0 Å². The highest BCUT2D eigenvalue weighted by Gasteiger charge is 2.29. The van der Waals surface area contributed by atoms with Gasteiger partial charge in [0.15, 0.2) is 0 Å². The van der Waals surface area contributed by atoms with Crippen molar-refractivity contribution < 1.29 is 9.72 Å². The number of benzene rings is 1. The van der Waals surface area contributed by atoms with Crippen LogP contribution in [0.4, 0.5) is 11.4 Å². The Morgan fingerprint density at radius 1 is 1.27 bits per heavy atom. The third kappa shape index (κ3) is 4.18. The third-order valence-corrected chi connectivity index (χ3v) is 3.85. The molecule has 1 aliphatic heterocycles. The molecular formula is C15H22ClN3O3. The monoisotopic (exact) mass is 327 g/mol. The van der Waals surface area contributed by atoms with Crippen LogP contribution in [0.1, 0.15) is 37.7 Å². The predicted octanol–water partition coefficient (Wildman–Crippen LogP) is 2.81. The number of unbranched alkanes of at least 4 members (excludes halogenated alkanes) is 3. The summed E-state index contributed by atoms with van der Waals surface area (Å²) in [7, 11) is 0. The van der Waals surface area contributed by atoms with Crippen molar-refractivity contribution in [2.45, 2.75) is 38.5 Å². The topological polar surface area (TPSA) is 89.5 Å². The first-order valence-corrected chi connectivity index (χ1v) is 7.42. The van der Waals surface area contributed by atoms with Crippen molar-refractivity contribution in [3.63, 3.8) is 0 Å². The molecule has 1 aromatic rings. The minimum Gasteiger partial charge on any atom is -0.330 e. The molecule has 2 N–H and O–H groups in total. The van der Waals surface area contributed by atoms with Gasteiger partial charge in [-0.05, 0) is 31.9 Å². The van der Waals surface area contributed by atoms with E-state index in [-0.39, 0.29) is 28.9 Å². The number of nitrogens with two attached hydrogens (primary N) is 1. The molecule has 0 radical (unpaired) electrons. The van der Waals surface area contributed by atoms with Crippen LogP contribution in [0.25, 0.3) is 0 Å². The molecule has 22 heavy (non-hydrogen) atoms. The average Bonchev–Trinajstić information content (AvgIpc) is 2.90. The molecule has 0 unspecified atom stereocenters. The fourth-order valence-electron chi connectivity index (χ4n) is 2.76. The van der Waals surface area contributed by atoms with Crippen molar-refractivity contribution in [3.8, 4) is 0 Å². The second kappa shape index (κ2) is 8.70. The van der Waals surface area contributed by atoms with Crippen LogP contribution in [0.2, 0.25) is 0 Å². The van der Waals surface area contributed by atoms with Gasteiger partial charge in [0.05, 0.1) is 16.2 Å². The summed E-state index contributed by atoms with van der Waals surface area (Å²) in [6.07, 6.45) is 4.94. The van der Waals surface area contributed by atoms with Crippen LogP contribution in [0.5, 0.6) is 0 Å². The van der Waals surface area contributed by atoms with Gasteiger partial charge in [0.25, 0.3) is 5.69 Å². The first-order valence-electron chi connectivity index (χ1n) is 7.42. The van der Waals surface area contributed by atoms with E-state index < -0.39 is 0 Å². The fourth-order valence-corrected chi connectivity index (χ4v) is 2.76. The Bertz CT molecular complexity index is 537. The van der Waals surface area contributed by atoms with Gasteiger partial charge in [0, 0.05) is 19.0 Å². The molecule has 0 atom stereocenters. The average molecular weight is 328 g/mol. The highest BCUT2D eigenvalue weighted by Crippen LogP contribution is 2.35. The summed E-state index contributed by atoms with van der Waals surface area (Å²) in [5.41, 5.74) is 6.93. The van der Waals surface area contributed by atoms with Crippen molar-refractivity contribution in [2.24, 2.45) is 5.73 Å². The van der Waals surface area contributed by atoms with Crippen LogP contribution >= 0.6 is 12.4 Å². The first kappa shape index (κ1) is 18.4. The van der Waals surface area contributed by atoms with Crippen LogP contribution in [-0.4, -0.2) is 23.9 Å². The maximum absolute atomic E-state index is 12.3. The lowest BCUT2D eigenvalue weighted by Gasteiger charge is -2.17. The largest absolute Gasteiger partial charge is 0.330 e. The molecule has 0 saturated carbocycles. The van der Waals surface area contributed by atoms with Crippen molar-refractivity contribution in [2.75, 3.05) is 18.0 Å². The molecule has 1 amide bonds. The van der Waals surface area contributed by atoms with Gasteiger partial charge in [-0.1, -0.05) is 18.9 Å². The standard InChI is InChI=1S/C15H21N3O3.ClH/c16-10-4-2-1-3-8-15(19)17-11-9-12-13(17)6-5-7-14(12)18(20)21;/h5-7H,1-4,8-11,16H2;1H. The molecule has 0 aromatic heterocycles. The van der Waals surface area contributed by atoms with Gasteiger partial charge >= 0.3 is 0 Å². The van der Waals surface area contributed by atoms with E-state index in [9.17, 15) is 14.9 Å². The molecule has 1 aromatic carbocycles. The maximum atomic E-state index is 12.3. The summed E-state index contributed by atoms with van der Waals surface area (Å²) in [5.74, 6) is 0.0574. The Hall–Kier alpha value is -1.66. The van der Waals surface area contributed by atoms with E-state index in [1.165, 1.54) is 6.07 Å². The summed E-state index contributed by atoms with van der Waals surface area (Å²) in [6, 6.07) is 4.94. The van der Waals surface area contributed by atoms with E-state index >= 15 is 0 Å². The van der Waals surface area contributed by atoms with Crippen molar-refractivity contribution in [3.05, 3.63) is 33.9 Å². The molecule has 1 heterocycles. The summed E-state index contributed by atoms with van der Waals surface area (Å²) in [5, 5.41) is 11.0. The molecule has 1 aliphatic rings. The smallest absolute Gasteiger partial charge is 0.274 e. The number of nitro groups is 1. The van der Waals surface area contributed by atoms with E-state index in [0.29, 0.717) is 37.2 Å². The normalized spacial score (nSPS) is 12.7. The summed E-state index contributed by atoms with van der Waals surface area (Å²) in [4.78, 5) is 24.6. The molecule has 122 valence electrons. The van der Waals surface area contributed by atoms with Crippen LogP contribution in [0.3, 0.4) is 0 Å². The number of carbonyl (C=O) groups is 1. The Balaban J connectivity index is 0.00000242. The van der Waals surface area contributed by atoms with Gasteiger partial charge in [0.1, 0.15) is 0 Å². The predicted molar refractivity (Wildman–Crippen MR) is 88.5 cm³/mol. The summed E-state index contributed by atoms with van der Waals surface area (Å²) in [6.45, 7) is 1.24. The SMILES string of the molecule is Cl.NCCCCCCC(=O)N1CCc2c1cccc2[N+](=O)[O-]. The van der Waals surface area contributed by atoms with Crippen LogP contribution < -0.4 is 10.6 Å².